The van der Waals surface area contributed by atoms with Crippen LogP contribution in [0, 0.1) is 0 Å². The molecular weight excluding hydrogens is 376 g/mol. The van der Waals surface area contributed by atoms with E-state index in [0.29, 0.717) is 6.04 Å². The van der Waals surface area contributed by atoms with Gasteiger partial charge in [0.2, 0.25) is 5.82 Å². The van der Waals surface area contributed by atoms with Gasteiger partial charge in [0.25, 0.3) is 5.56 Å². The Bertz CT molecular complexity index is 1070. The molecule has 1 aliphatic heterocycles. The van der Waals surface area contributed by atoms with Gasteiger partial charge in [0.05, 0.1) is 24.7 Å². The maximum Gasteiger partial charge on any atom is 0.258 e. The number of hydrogen-bond acceptors (Lipinski definition) is 4. The molecule has 2 N–H and O–H groups in total. The number of tetrazole rings is 1. The predicted molar refractivity (Wildman–Crippen MR) is 116 cm³/mol. The second-order valence-corrected chi connectivity index (χ2v) is 8.90. The van der Waals surface area contributed by atoms with Gasteiger partial charge in [-0.05, 0) is 58.8 Å². The Kier molecular flexibility index (Phi) is 5.37. The fourth-order valence-corrected chi connectivity index (χ4v) is 5.34. The van der Waals surface area contributed by atoms with Crippen molar-refractivity contribution in [3.8, 4) is 0 Å². The number of pyridine rings is 1. The maximum atomic E-state index is 13.2. The zero-order valence-corrected chi connectivity index (χ0v) is 17.7. The minimum absolute atomic E-state index is 0.0191. The summed E-state index contributed by atoms with van der Waals surface area (Å²) in [4.78, 5) is 17.8. The Morgan fingerprint density at radius 3 is 2.70 bits per heavy atom. The van der Waals surface area contributed by atoms with Crippen molar-refractivity contribution in [2.75, 3.05) is 13.1 Å². The highest BCUT2D eigenvalue weighted by molar-refractivity contribution is 5.79. The molecule has 1 aromatic carbocycles. The van der Waals surface area contributed by atoms with Crippen LogP contribution in [0.3, 0.4) is 0 Å². The lowest BCUT2D eigenvalue weighted by atomic mass is 9.95. The summed E-state index contributed by atoms with van der Waals surface area (Å²) in [6.45, 7) is 4.26. The van der Waals surface area contributed by atoms with Crippen molar-refractivity contribution in [3.63, 3.8) is 0 Å². The van der Waals surface area contributed by atoms with Crippen molar-refractivity contribution in [1.29, 1.82) is 0 Å². The molecule has 3 aromatic rings. The van der Waals surface area contributed by atoms with Gasteiger partial charge in [-0.3, -0.25) is 4.79 Å². The van der Waals surface area contributed by atoms with Crippen LogP contribution in [-0.4, -0.2) is 38.3 Å². The van der Waals surface area contributed by atoms with Crippen molar-refractivity contribution in [2.45, 2.75) is 70.4 Å². The summed E-state index contributed by atoms with van der Waals surface area (Å²) in [5.74, 6) is 0.857. The summed E-state index contributed by atoms with van der Waals surface area (Å²) in [5, 5.41) is 14.1. The summed E-state index contributed by atoms with van der Waals surface area (Å²) in [5.41, 5.74) is 2.94. The van der Waals surface area contributed by atoms with Crippen molar-refractivity contribution in [1.82, 2.24) is 25.2 Å². The van der Waals surface area contributed by atoms with Crippen molar-refractivity contribution in [2.24, 2.45) is 0 Å². The Balaban J connectivity index is 1.63. The number of H-pyrrole nitrogens is 1. The molecule has 1 saturated heterocycles. The number of aryl methyl sites for hydroxylation is 1. The molecule has 158 valence electrons. The van der Waals surface area contributed by atoms with E-state index < -0.39 is 0 Å². The molecule has 30 heavy (non-hydrogen) atoms. The topological polar surface area (TPSA) is 80.9 Å². The molecule has 7 heteroatoms. The first-order chi connectivity index (χ1) is 14.7. The standard InChI is InChI=1S/C23H30N6O/c1-2-16-10-11-20-17(14-16)15-19(23(30)24-20)21(28-12-6-7-13-28)22-25-26-27-29(22)18-8-4-3-5-9-18/h10-11,14-15,18,21H,2-9,12-13H2,1H3,(H,24,30)/p+1/t21-/m0/s1. The number of likely N-dealkylation sites (tertiary alicyclic amines) is 1. The highest BCUT2D eigenvalue weighted by Gasteiger charge is 2.37. The van der Waals surface area contributed by atoms with Crippen molar-refractivity contribution < 1.29 is 4.90 Å². The average Bonchev–Trinajstić information content (AvgIpc) is 3.48. The average molecular weight is 408 g/mol. The van der Waals surface area contributed by atoms with Gasteiger partial charge in [0, 0.05) is 18.4 Å². The third-order valence-electron chi connectivity index (χ3n) is 7.01. The van der Waals surface area contributed by atoms with Crippen LogP contribution >= 0.6 is 0 Å². The Morgan fingerprint density at radius 1 is 1.13 bits per heavy atom. The van der Waals surface area contributed by atoms with Gasteiger partial charge in [-0.25, -0.2) is 4.68 Å². The Hall–Kier alpha value is -2.54. The number of hydrogen-bond donors (Lipinski definition) is 2. The molecule has 0 amide bonds. The van der Waals surface area contributed by atoms with Gasteiger partial charge < -0.3 is 9.88 Å². The van der Waals surface area contributed by atoms with E-state index in [9.17, 15) is 4.79 Å². The van der Waals surface area contributed by atoms with Gasteiger partial charge in [-0.2, -0.15) is 0 Å². The largest absolute Gasteiger partial charge is 0.322 e. The summed E-state index contributed by atoms with van der Waals surface area (Å²) in [6, 6.07) is 8.61. The van der Waals surface area contributed by atoms with E-state index >= 15 is 0 Å². The molecular formula is C23H31N6O+. The highest BCUT2D eigenvalue weighted by atomic mass is 16.1. The van der Waals surface area contributed by atoms with Crippen LogP contribution in [0.15, 0.2) is 29.1 Å². The monoisotopic (exact) mass is 407 g/mol. The Morgan fingerprint density at radius 2 is 1.93 bits per heavy atom. The summed E-state index contributed by atoms with van der Waals surface area (Å²) < 4.78 is 2.04. The lowest BCUT2D eigenvalue weighted by Crippen LogP contribution is -3.10. The van der Waals surface area contributed by atoms with E-state index in [1.54, 1.807) is 0 Å². The highest BCUT2D eigenvalue weighted by Crippen LogP contribution is 2.30. The second kappa shape index (κ2) is 8.30. The third kappa shape index (κ3) is 3.55. The first-order valence-electron chi connectivity index (χ1n) is 11.5. The van der Waals surface area contributed by atoms with Crippen LogP contribution < -0.4 is 10.5 Å². The van der Waals surface area contributed by atoms with Crippen molar-refractivity contribution in [3.05, 3.63) is 51.6 Å². The lowest BCUT2D eigenvalue weighted by Gasteiger charge is -2.27. The molecule has 0 bridgehead atoms. The van der Waals surface area contributed by atoms with E-state index in [1.807, 2.05) is 10.7 Å². The van der Waals surface area contributed by atoms with Gasteiger partial charge in [-0.1, -0.05) is 32.3 Å². The fourth-order valence-electron chi connectivity index (χ4n) is 5.34. The zero-order valence-electron chi connectivity index (χ0n) is 17.7. The van der Waals surface area contributed by atoms with Crippen LogP contribution in [0.25, 0.3) is 10.9 Å². The van der Waals surface area contributed by atoms with Gasteiger partial charge in [-0.15, -0.1) is 5.10 Å². The first kappa shape index (κ1) is 19.4. The quantitative estimate of drug-likeness (QED) is 0.680. The molecule has 0 unspecified atom stereocenters. The fraction of sp³-hybridized carbons (Fsp3) is 0.565. The molecule has 0 radical (unpaired) electrons. The summed E-state index contributed by atoms with van der Waals surface area (Å²) in [6.07, 6.45) is 9.32. The molecule has 7 nitrogen and oxygen atoms in total. The number of benzene rings is 1. The summed E-state index contributed by atoms with van der Waals surface area (Å²) >= 11 is 0. The summed E-state index contributed by atoms with van der Waals surface area (Å²) in [7, 11) is 0. The van der Waals surface area contributed by atoms with Crippen molar-refractivity contribution >= 4 is 10.9 Å². The van der Waals surface area contributed by atoms with E-state index in [-0.39, 0.29) is 11.6 Å². The van der Waals surface area contributed by atoms with Crippen LogP contribution in [-0.2, 0) is 6.42 Å². The molecule has 1 saturated carbocycles. The normalized spacial score (nSPS) is 19.5. The van der Waals surface area contributed by atoms with E-state index in [0.717, 1.165) is 54.6 Å². The number of rotatable bonds is 5. The van der Waals surface area contributed by atoms with Gasteiger partial charge in [0.1, 0.15) is 0 Å². The van der Waals surface area contributed by atoms with Gasteiger partial charge in [0.15, 0.2) is 6.04 Å². The number of nitrogens with zero attached hydrogens (tertiary/aromatic N) is 4. The van der Waals surface area contributed by atoms with Crippen LogP contribution in [0.4, 0.5) is 0 Å². The molecule has 2 aromatic heterocycles. The Labute approximate surface area is 176 Å². The molecule has 5 rings (SSSR count). The molecule has 1 atom stereocenters. The van der Waals surface area contributed by atoms with Gasteiger partial charge >= 0.3 is 0 Å². The predicted octanol–water partition coefficient (Wildman–Crippen LogP) is 2.35. The molecule has 0 spiro atoms. The van der Waals surface area contributed by atoms with Crippen LogP contribution in [0.2, 0.25) is 0 Å². The molecule has 2 fully saturated rings. The first-order valence-corrected chi connectivity index (χ1v) is 11.5. The number of aromatic nitrogens is 5. The van der Waals surface area contributed by atoms with Crippen LogP contribution in [0.5, 0.6) is 0 Å². The number of quaternary nitrogens is 1. The third-order valence-corrected chi connectivity index (χ3v) is 7.01. The number of fused-ring (bicyclic) bond motifs is 1. The molecule has 1 aliphatic carbocycles. The number of aromatic amines is 1. The minimum Gasteiger partial charge on any atom is -0.322 e. The van der Waals surface area contributed by atoms with E-state index in [4.69, 9.17) is 0 Å². The van der Waals surface area contributed by atoms with Crippen LogP contribution in [0.1, 0.15) is 80.9 Å². The number of nitrogens with one attached hydrogen (secondary N) is 2. The smallest absolute Gasteiger partial charge is 0.258 e. The second-order valence-electron chi connectivity index (χ2n) is 8.90. The van der Waals surface area contributed by atoms with E-state index in [2.05, 4.69) is 45.6 Å². The maximum absolute atomic E-state index is 13.2. The zero-order chi connectivity index (χ0) is 20.5. The van der Waals surface area contributed by atoms with E-state index in [1.165, 1.54) is 42.6 Å². The minimum atomic E-state index is -0.122. The lowest BCUT2D eigenvalue weighted by molar-refractivity contribution is -0.914. The SMILES string of the molecule is CCc1ccc2[nH]c(=O)c([C@@H](c3nnnn3C3CCCCC3)[NH+]3CCCC3)cc2c1. The molecule has 2 aliphatic rings. The molecule has 3 heterocycles.